The highest BCUT2D eigenvalue weighted by Crippen LogP contribution is 2.24. The van der Waals surface area contributed by atoms with Crippen molar-refractivity contribution in [3.05, 3.63) is 23.8 Å². The van der Waals surface area contributed by atoms with Crippen LogP contribution >= 0.6 is 0 Å². The number of hydrogen-bond acceptors (Lipinski definition) is 3. The molecule has 1 atom stereocenters. The molecule has 106 valence electrons. The summed E-state index contributed by atoms with van der Waals surface area (Å²) in [6.45, 7) is 4.29. The smallest absolute Gasteiger partial charge is 0.337 e. The summed E-state index contributed by atoms with van der Waals surface area (Å²) in [6, 6.07) is 5.36. The van der Waals surface area contributed by atoms with E-state index in [0.29, 0.717) is 17.4 Å². The number of hydrogen-bond donors (Lipinski definition) is 3. The van der Waals surface area contributed by atoms with E-state index in [1.54, 1.807) is 6.07 Å². The normalized spacial score (nSPS) is 12.1. The average Bonchev–Trinajstić information content (AvgIpc) is 2.37. The number of nitrogen functional groups attached to an aromatic ring is 1. The summed E-state index contributed by atoms with van der Waals surface area (Å²) < 4.78 is 0. The van der Waals surface area contributed by atoms with E-state index in [2.05, 4.69) is 19.2 Å². The van der Waals surface area contributed by atoms with Gasteiger partial charge in [-0.05, 0) is 25.5 Å². The van der Waals surface area contributed by atoms with Gasteiger partial charge in [-0.3, -0.25) is 0 Å². The highest BCUT2D eigenvalue weighted by molar-refractivity contribution is 5.97. The number of rotatable bonds is 8. The zero-order valence-electron chi connectivity index (χ0n) is 11.8. The van der Waals surface area contributed by atoms with Crippen molar-refractivity contribution >= 4 is 17.3 Å². The Bertz CT molecular complexity index is 419. The summed E-state index contributed by atoms with van der Waals surface area (Å²) in [4.78, 5) is 11.0. The maximum atomic E-state index is 11.0. The van der Waals surface area contributed by atoms with E-state index in [4.69, 9.17) is 10.8 Å². The SMILES string of the molecule is CCCCCCC(C)Nc1cccc(C(=O)O)c1N. The summed E-state index contributed by atoms with van der Waals surface area (Å²) in [6.07, 6.45) is 5.99. The maximum absolute atomic E-state index is 11.0. The first-order chi connectivity index (χ1) is 9.06. The van der Waals surface area contributed by atoms with Gasteiger partial charge in [-0.1, -0.05) is 38.7 Å². The number of aromatic carboxylic acids is 1. The van der Waals surface area contributed by atoms with Gasteiger partial charge in [-0.15, -0.1) is 0 Å². The molecule has 0 aliphatic carbocycles. The second-order valence-electron chi connectivity index (χ2n) is 4.97. The molecule has 0 saturated carbocycles. The number of carboxylic acids is 1. The fourth-order valence-electron chi connectivity index (χ4n) is 2.09. The lowest BCUT2D eigenvalue weighted by molar-refractivity contribution is 0.0698. The molecule has 0 saturated heterocycles. The van der Waals surface area contributed by atoms with E-state index < -0.39 is 5.97 Å². The molecule has 0 bridgehead atoms. The Morgan fingerprint density at radius 1 is 1.37 bits per heavy atom. The van der Waals surface area contributed by atoms with E-state index in [9.17, 15) is 4.79 Å². The topological polar surface area (TPSA) is 75.3 Å². The molecule has 0 aliphatic rings. The first kappa shape index (κ1) is 15.3. The predicted molar refractivity (Wildman–Crippen MR) is 79.7 cm³/mol. The third-order valence-electron chi connectivity index (χ3n) is 3.23. The molecule has 1 aromatic carbocycles. The van der Waals surface area contributed by atoms with Crippen molar-refractivity contribution in [2.45, 2.75) is 52.0 Å². The number of nitrogens with two attached hydrogens (primary N) is 1. The lowest BCUT2D eigenvalue weighted by Gasteiger charge is -2.17. The van der Waals surface area contributed by atoms with E-state index >= 15 is 0 Å². The van der Waals surface area contributed by atoms with E-state index in [0.717, 1.165) is 6.42 Å². The molecule has 1 rings (SSSR count). The molecule has 4 heteroatoms. The van der Waals surface area contributed by atoms with Gasteiger partial charge in [0, 0.05) is 6.04 Å². The highest BCUT2D eigenvalue weighted by atomic mass is 16.4. The highest BCUT2D eigenvalue weighted by Gasteiger charge is 2.12. The van der Waals surface area contributed by atoms with Crippen molar-refractivity contribution in [1.82, 2.24) is 0 Å². The fraction of sp³-hybridized carbons (Fsp3) is 0.533. The number of anilines is 2. The van der Waals surface area contributed by atoms with Crippen molar-refractivity contribution < 1.29 is 9.90 Å². The number of carboxylic acid groups (broad SMARTS) is 1. The Balaban J connectivity index is 2.57. The Labute approximate surface area is 115 Å². The lowest BCUT2D eigenvalue weighted by Crippen LogP contribution is -2.17. The first-order valence-corrected chi connectivity index (χ1v) is 6.94. The second kappa shape index (κ2) is 7.67. The molecule has 0 radical (unpaired) electrons. The second-order valence-corrected chi connectivity index (χ2v) is 4.97. The maximum Gasteiger partial charge on any atom is 0.337 e. The van der Waals surface area contributed by atoms with Crippen molar-refractivity contribution in [3.63, 3.8) is 0 Å². The summed E-state index contributed by atoms with van der Waals surface area (Å²) in [5.74, 6) is -0.989. The predicted octanol–water partition coefficient (Wildman–Crippen LogP) is 3.74. The van der Waals surface area contributed by atoms with E-state index in [-0.39, 0.29) is 5.56 Å². The molecule has 0 heterocycles. The largest absolute Gasteiger partial charge is 0.478 e. The molecule has 1 aromatic rings. The lowest BCUT2D eigenvalue weighted by atomic mass is 10.1. The summed E-state index contributed by atoms with van der Waals surface area (Å²) in [7, 11) is 0. The van der Waals surface area contributed by atoms with Crippen LogP contribution in [0.3, 0.4) is 0 Å². The van der Waals surface area contributed by atoms with Crippen LogP contribution in [0.5, 0.6) is 0 Å². The van der Waals surface area contributed by atoms with Gasteiger partial charge in [-0.25, -0.2) is 4.79 Å². The zero-order valence-corrected chi connectivity index (χ0v) is 11.8. The van der Waals surface area contributed by atoms with Crippen LogP contribution in [0, 0.1) is 0 Å². The molecular weight excluding hydrogens is 240 g/mol. The average molecular weight is 264 g/mol. The van der Waals surface area contributed by atoms with Crippen molar-refractivity contribution in [2.75, 3.05) is 11.1 Å². The number of unbranched alkanes of at least 4 members (excludes halogenated alkanes) is 3. The molecule has 0 fully saturated rings. The molecule has 1 unspecified atom stereocenters. The van der Waals surface area contributed by atoms with E-state index in [1.165, 1.54) is 31.7 Å². The van der Waals surface area contributed by atoms with Crippen LogP contribution in [-0.4, -0.2) is 17.1 Å². The van der Waals surface area contributed by atoms with Gasteiger partial charge in [0.25, 0.3) is 0 Å². The third kappa shape index (κ3) is 4.81. The molecule has 0 spiro atoms. The van der Waals surface area contributed by atoms with Crippen LogP contribution < -0.4 is 11.1 Å². The standard InChI is InChI=1S/C15H24N2O2/c1-3-4-5-6-8-11(2)17-13-10-7-9-12(14(13)16)15(18)19/h7,9-11,17H,3-6,8,16H2,1-2H3,(H,18,19). The van der Waals surface area contributed by atoms with Gasteiger partial charge in [0.15, 0.2) is 0 Å². The zero-order chi connectivity index (χ0) is 14.3. The number of carbonyl (C=O) groups is 1. The molecule has 4 nitrogen and oxygen atoms in total. The first-order valence-electron chi connectivity index (χ1n) is 6.94. The van der Waals surface area contributed by atoms with Gasteiger partial charge in [-0.2, -0.15) is 0 Å². The van der Waals surface area contributed by atoms with Crippen LogP contribution in [0.15, 0.2) is 18.2 Å². The summed E-state index contributed by atoms with van der Waals surface area (Å²) in [5, 5.41) is 12.3. The summed E-state index contributed by atoms with van der Waals surface area (Å²) in [5.41, 5.74) is 7.05. The van der Waals surface area contributed by atoms with Crippen LogP contribution in [0.2, 0.25) is 0 Å². The van der Waals surface area contributed by atoms with Crippen LogP contribution in [0.25, 0.3) is 0 Å². The minimum atomic E-state index is -0.989. The number of benzene rings is 1. The van der Waals surface area contributed by atoms with Crippen LogP contribution in [0.4, 0.5) is 11.4 Å². The third-order valence-corrected chi connectivity index (χ3v) is 3.23. The fourth-order valence-corrected chi connectivity index (χ4v) is 2.09. The van der Waals surface area contributed by atoms with Gasteiger partial charge in [0.05, 0.1) is 16.9 Å². The van der Waals surface area contributed by atoms with Crippen molar-refractivity contribution in [1.29, 1.82) is 0 Å². The Kier molecular flexibility index (Phi) is 6.19. The minimum Gasteiger partial charge on any atom is -0.478 e. The molecule has 4 N–H and O–H groups in total. The Morgan fingerprint density at radius 3 is 2.74 bits per heavy atom. The summed E-state index contributed by atoms with van der Waals surface area (Å²) >= 11 is 0. The molecular formula is C15H24N2O2. The Morgan fingerprint density at radius 2 is 2.11 bits per heavy atom. The number of para-hydroxylation sites is 1. The minimum absolute atomic E-state index is 0.156. The van der Waals surface area contributed by atoms with Crippen molar-refractivity contribution in [2.24, 2.45) is 0 Å². The monoisotopic (exact) mass is 264 g/mol. The van der Waals surface area contributed by atoms with E-state index in [1.807, 2.05) is 6.07 Å². The van der Waals surface area contributed by atoms with Gasteiger partial charge < -0.3 is 16.2 Å². The van der Waals surface area contributed by atoms with Crippen LogP contribution in [-0.2, 0) is 0 Å². The van der Waals surface area contributed by atoms with Gasteiger partial charge in [0.2, 0.25) is 0 Å². The van der Waals surface area contributed by atoms with Gasteiger partial charge in [0.1, 0.15) is 0 Å². The quantitative estimate of drug-likeness (QED) is 0.494. The Hall–Kier alpha value is -1.71. The molecule has 0 amide bonds. The number of nitrogens with one attached hydrogen (secondary N) is 1. The molecule has 0 aliphatic heterocycles. The van der Waals surface area contributed by atoms with Crippen molar-refractivity contribution in [3.8, 4) is 0 Å². The van der Waals surface area contributed by atoms with Crippen LogP contribution in [0.1, 0.15) is 56.3 Å². The molecule has 19 heavy (non-hydrogen) atoms. The molecule has 0 aromatic heterocycles. The van der Waals surface area contributed by atoms with Gasteiger partial charge >= 0.3 is 5.97 Å².